The summed E-state index contributed by atoms with van der Waals surface area (Å²) < 4.78 is 25.5. The lowest BCUT2D eigenvalue weighted by Gasteiger charge is -2.06. The highest BCUT2D eigenvalue weighted by Gasteiger charge is 2.78. The summed E-state index contributed by atoms with van der Waals surface area (Å²) in [6.45, 7) is 0.835. The van der Waals surface area contributed by atoms with Gasteiger partial charge in [-0.2, -0.15) is 0 Å². The van der Waals surface area contributed by atoms with Crippen molar-refractivity contribution in [1.82, 2.24) is 5.32 Å². The van der Waals surface area contributed by atoms with Gasteiger partial charge in [-0.05, 0) is 18.9 Å². The molecular weight excluding hydrogens is 136 g/mol. The predicted molar refractivity (Wildman–Crippen MR) is 31.8 cm³/mol. The van der Waals surface area contributed by atoms with Crippen molar-refractivity contribution in [1.29, 1.82) is 0 Å². The Balaban J connectivity index is 1.97. The fourth-order valence-electron chi connectivity index (χ4n) is 2.84. The number of rotatable bonds is 0. The standard InChI is InChI=1S/C7H9F2N/c8-7(9)5-3-1-4(6(5)7)10-2-3/h3-6,10H,1-2H2/t3-,4+,5+,6-/m1/s1. The van der Waals surface area contributed by atoms with Crippen molar-refractivity contribution in [3.8, 4) is 0 Å². The normalized spacial score (nSPS) is 60.6. The third kappa shape index (κ3) is 0.383. The molecule has 3 fully saturated rings. The van der Waals surface area contributed by atoms with Crippen LogP contribution in [0.25, 0.3) is 0 Å². The predicted octanol–water partition coefficient (Wildman–Crippen LogP) is 0.859. The smallest absolute Gasteiger partial charge is 0.256 e. The highest BCUT2D eigenvalue weighted by molar-refractivity contribution is 5.21. The summed E-state index contributed by atoms with van der Waals surface area (Å²) in [5, 5.41) is 3.12. The zero-order valence-electron chi connectivity index (χ0n) is 5.48. The van der Waals surface area contributed by atoms with Crippen LogP contribution in [-0.4, -0.2) is 18.5 Å². The molecule has 2 saturated carbocycles. The van der Waals surface area contributed by atoms with Crippen LogP contribution in [0.3, 0.4) is 0 Å². The summed E-state index contributed by atoms with van der Waals surface area (Å²) in [4.78, 5) is 0. The van der Waals surface area contributed by atoms with E-state index < -0.39 is 5.92 Å². The van der Waals surface area contributed by atoms with Crippen LogP contribution >= 0.6 is 0 Å². The van der Waals surface area contributed by atoms with Gasteiger partial charge in [0, 0.05) is 17.9 Å². The van der Waals surface area contributed by atoms with Gasteiger partial charge >= 0.3 is 0 Å². The highest BCUT2D eigenvalue weighted by atomic mass is 19.3. The molecule has 3 heteroatoms. The van der Waals surface area contributed by atoms with Crippen LogP contribution in [-0.2, 0) is 0 Å². The minimum atomic E-state index is -2.29. The van der Waals surface area contributed by atoms with E-state index in [0.29, 0.717) is 5.92 Å². The van der Waals surface area contributed by atoms with Gasteiger partial charge in [0.25, 0.3) is 5.92 Å². The zero-order chi connectivity index (χ0) is 6.93. The molecule has 0 spiro atoms. The van der Waals surface area contributed by atoms with E-state index in [0.717, 1.165) is 13.0 Å². The molecule has 2 bridgehead atoms. The van der Waals surface area contributed by atoms with Gasteiger partial charge in [-0.25, -0.2) is 8.78 Å². The van der Waals surface area contributed by atoms with Crippen LogP contribution in [0, 0.1) is 17.8 Å². The molecule has 10 heavy (non-hydrogen) atoms. The Morgan fingerprint density at radius 1 is 1.30 bits per heavy atom. The molecule has 1 aliphatic heterocycles. The van der Waals surface area contributed by atoms with E-state index in [1.54, 1.807) is 0 Å². The first-order valence-corrected chi connectivity index (χ1v) is 3.82. The van der Waals surface area contributed by atoms with E-state index in [4.69, 9.17) is 0 Å². The minimum Gasteiger partial charge on any atom is -0.313 e. The molecule has 3 rings (SSSR count). The topological polar surface area (TPSA) is 12.0 Å². The zero-order valence-corrected chi connectivity index (χ0v) is 5.48. The maximum atomic E-state index is 12.7. The van der Waals surface area contributed by atoms with E-state index in [-0.39, 0.29) is 17.9 Å². The van der Waals surface area contributed by atoms with Crippen LogP contribution in [0.5, 0.6) is 0 Å². The van der Waals surface area contributed by atoms with Crippen LogP contribution < -0.4 is 5.32 Å². The first kappa shape index (κ1) is 5.47. The Morgan fingerprint density at radius 3 is 2.60 bits per heavy atom. The third-order valence-corrected chi connectivity index (χ3v) is 3.31. The minimum absolute atomic E-state index is 0.157. The number of fused-ring (bicyclic) bond motifs is 5. The molecule has 0 aromatic rings. The fourth-order valence-corrected chi connectivity index (χ4v) is 2.84. The highest BCUT2D eigenvalue weighted by Crippen LogP contribution is 2.68. The van der Waals surface area contributed by atoms with Crippen LogP contribution in [0.2, 0.25) is 0 Å². The lowest BCUT2D eigenvalue weighted by Crippen LogP contribution is -2.27. The molecule has 3 aliphatic rings. The number of piperidine rings is 1. The molecule has 0 unspecified atom stereocenters. The van der Waals surface area contributed by atoms with Gasteiger partial charge in [0.1, 0.15) is 0 Å². The summed E-state index contributed by atoms with van der Waals surface area (Å²) >= 11 is 0. The van der Waals surface area contributed by atoms with Gasteiger partial charge in [0.05, 0.1) is 0 Å². The van der Waals surface area contributed by atoms with E-state index in [9.17, 15) is 8.78 Å². The lowest BCUT2D eigenvalue weighted by atomic mass is 10.1. The van der Waals surface area contributed by atoms with Crippen molar-refractivity contribution in [2.24, 2.45) is 17.8 Å². The molecule has 0 aromatic heterocycles. The number of alkyl halides is 2. The summed E-state index contributed by atoms with van der Waals surface area (Å²) in [5.41, 5.74) is 0. The lowest BCUT2D eigenvalue weighted by molar-refractivity contribution is 0.0644. The monoisotopic (exact) mass is 145 g/mol. The Hall–Kier alpha value is -0.180. The molecular formula is C7H9F2N. The van der Waals surface area contributed by atoms with Gasteiger partial charge in [-0.1, -0.05) is 0 Å². The first-order valence-electron chi connectivity index (χ1n) is 3.82. The maximum Gasteiger partial charge on any atom is 0.256 e. The fraction of sp³-hybridized carbons (Fsp3) is 1.00. The third-order valence-electron chi connectivity index (χ3n) is 3.31. The van der Waals surface area contributed by atoms with Crippen LogP contribution in [0.15, 0.2) is 0 Å². The van der Waals surface area contributed by atoms with Gasteiger partial charge in [0.15, 0.2) is 0 Å². The molecule has 4 atom stereocenters. The molecule has 56 valence electrons. The molecule has 2 aliphatic carbocycles. The molecule has 1 heterocycles. The number of halogens is 2. The molecule has 1 nitrogen and oxygen atoms in total. The van der Waals surface area contributed by atoms with Gasteiger partial charge < -0.3 is 5.32 Å². The van der Waals surface area contributed by atoms with E-state index in [1.807, 2.05) is 0 Å². The second kappa shape index (κ2) is 1.24. The Labute approximate surface area is 57.8 Å². The van der Waals surface area contributed by atoms with Gasteiger partial charge in [0.2, 0.25) is 0 Å². The summed E-state index contributed by atoms with van der Waals surface area (Å²) in [6, 6.07) is 0.157. The largest absolute Gasteiger partial charge is 0.313 e. The number of nitrogens with one attached hydrogen (secondary N) is 1. The second-order valence-electron chi connectivity index (χ2n) is 3.74. The summed E-state index contributed by atoms with van der Waals surface area (Å²) in [7, 11) is 0. The quantitative estimate of drug-likeness (QED) is 0.533. The average molecular weight is 145 g/mol. The average Bonchev–Trinajstić information content (AvgIpc) is 2.37. The van der Waals surface area contributed by atoms with E-state index in [1.165, 1.54) is 0 Å². The summed E-state index contributed by atoms with van der Waals surface area (Å²) in [5.74, 6) is -2.52. The van der Waals surface area contributed by atoms with E-state index in [2.05, 4.69) is 5.32 Å². The van der Waals surface area contributed by atoms with Crippen molar-refractivity contribution in [2.45, 2.75) is 18.4 Å². The van der Waals surface area contributed by atoms with Crippen molar-refractivity contribution in [3.05, 3.63) is 0 Å². The number of hydrogen-bond acceptors (Lipinski definition) is 1. The van der Waals surface area contributed by atoms with Crippen LogP contribution in [0.4, 0.5) is 8.78 Å². The van der Waals surface area contributed by atoms with E-state index >= 15 is 0 Å². The number of hydrogen-bond donors (Lipinski definition) is 1. The van der Waals surface area contributed by atoms with Crippen molar-refractivity contribution in [2.75, 3.05) is 6.54 Å². The molecule has 0 amide bonds. The SMILES string of the molecule is FC1(F)[C@H]2[C@H]3CN[C@@H](C3)[C@H]21. The first-order chi connectivity index (χ1) is 4.71. The van der Waals surface area contributed by atoms with Crippen molar-refractivity contribution >= 4 is 0 Å². The Morgan fingerprint density at radius 2 is 2.10 bits per heavy atom. The van der Waals surface area contributed by atoms with Gasteiger partial charge in [-0.15, -0.1) is 0 Å². The van der Waals surface area contributed by atoms with Crippen LogP contribution in [0.1, 0.15) is 6.42 Å². The Kier molecular flexibility index (Phi) is 0.680. The maximum absolute atomic E-state index is 12.7. The van der Waals surface area contributed by atoms with Crippen molar-refractivity contribution in [3.63, 3.8) is 0 Å². The second-order valence-corrected chi connectivity index (χ2v) is 3.74. The molecule has 0 aromatic carbocycles. The molecule has 0 radical (unpaired) electrons. The summed E-state index contributed by atoms with van der Waals surface area (Å²) in [6.07, 6.45) is 1.00. The molecule has 1 saturated heterocycles. The molecule has 1 N–H and O–H groups in total. The van der Waals surface area contributed by atoms with Crippen molar-refractivity contribution < 1.29 is 8.78 Å². The van der Waals surface area contributed by atoms with Gasteiger partial charge in [-0.3, -0.25) is 0 Å². The Bertz CT molecular complexity index is 174.